The summed E-state index contributed by atoms with van der Waals surface area (Å²) in [5, 5.41) is 6.09. The van der Waals surface area contributed by atoms with Gasteiger partial charge < -0.3 is 20.1 Å². The minimum atomic E-state index is -2.95. The van der Waals surface area contributed by atoms with Crippen LogP contribution >= 0.6 is 24.0 Å². The second-order valence-corrected chi connectivity index (χ2v) is 5.50. The molecule has 0 bridgehead atoms. The number of rotatable bonds is 8. The molecule has 0 aliphatic heterocycles. The largest absolute Gasteiger partial charge is 0.493 e. The average Bonchev–Trinajstić information content (AvgIpc) is 2.65. The van der Waals surface area contributed by atoms with Crippen LogP contribution < -0.4 is 20.1 Å². The molecule has 2 aromatic carbocycles. The van der Waals surface area contributed by atoms with Crippen LogP contribution in [-0.2, 0) is 13.1 Å². The zero-order chi connectivity index (χ0) is 19.6. The van der Waals surface area contributed by atoms with Gasteiger partial charge in [-0.05, 0) is 30.7 Å². The van der Waals surface area contributed by atoms with Crippen LogP contribution in [0.25, 0.3) is 0 Å². The van der Waals surface area contributed by atoms with Crippen LogP contribution in [0.15, 0.2) is 47.5 Å². The minimum Gasteiger partial charge on any atom is -0.493 e. The Morgan fingerprint density at radius 1 is 1.11 bits per heavy atom. The van der Waals surface area contributed by atoms with Crippen LogP contribution in [0.3, 0.4) is 0 Å². The van der Waals surface area contributed by atoms with Gasteiger partial charge in [-0.3, -0.25) is 0 Å². The predicted octanol–water partition coefficient (Wildman–Crippen LogP) is 4.31. The number of nitrogens with one attached hydrogen (secondary N) is 2. The Morgan fingerprint density at radius 3 is 2.50 bits per heavy atom. The summed E-state index contributed by atoms with van der Waals surface area (Å²) in [5.41, 5.74) is 1.18. The fraction of sp³-hybridized carbons (Fsp3) is 0.316. The van der Waals surface area contributed by atoms with E-state index in [9.17, 15) is 13.2 Å². The van der Waals surface area contributed by atoms with Crippen molar-refractivity contribution in [1.29, 1.82) is 0 Å². The van der Waals surface area contributed by atoms with Crippen molar-refractivity contribution in [3.05, 3.63) is 59.4 Å². The molecular formula is C19H23F3IN3O2. The highest BCUT2D eigenvalue weighted by Crippen LogP contribution is 2.29. The van der Waals surface area contributed by atoms with Crippen LogP contribution in [0.2, 0.25) is 0 Å². The summed E-state index contributed by atoms with van der Waals surface area (Å²) in [7, 11) is 1.38. The second-order valence-electron chi connectivity index (χ2n) is 5.50. The van der Waals surface area contributed by atoms with Crippen LogP contribution in [0.4, 0.5) is 13.2 Å². The monoisotopic (exact) mass is 509 g/mol. The van der Waals surface area contributed by atoms with Gasteiger partial charge in [0, 0.05) is 18.7 Å². The molecule has 0 aliphatic rings. The molecule has 5 nitrogen and oxygen atoms in total. The maximum absolute atomic E-state index is 13.7. The van der Waals surface area contributed by atoms with E-state index in [1.807, 2.05) is 6.92 Å². The molecule has 0 unspecified atom stereocenters. The van der Waals surface area contributed by atoms with E-state index in [1.54, 1.807) is 30.3 Å². The molecule has 0 amide bonds. The molecule has 0 aromatic heterocycles. The van der Waals surface area contributed by atoms with E-state index in [2.05, 4.69) is 20.4 Å². The lowest BCUT2D eigenvalue weighted by atomic mass is 10.2. The zero-order valence-electron chi connectivity index (χ0n) is 15.5. The van der Waals surface area contributed by atoms with E-state index in [4.69, 9.17) is 4.74 Å². The molecule has 0 heterocycles. The molecule has 0 fully saturated rings. The van der Waals surface area contributed by atoms with E-state index in [1.165, 1.54) is 19.2 Å². The number of halogens is 4. The van der Waals surface area contributed by atoms with Crippen molar-refractivity contribution < 1.29 is 22.6 Å². The topological polar surface area (TPSA) is 54.9 Å². The second kappa shape index (κ2) is 12.3. The number of guanidine groups is 1. The first-order valence-electron chi connectivity index (χ1n) is 8.40. The highest BCUT2D eigenvalue weighted by Gasteiger charge is 2.11. The summed E-state index contributed by atoms with van der Waals surface area (Å²) in [6, 6.07) is 11.2. The van der Waals surface area contributed by atoms with Crippen molar-refractivity contribution in [3.63, 3.8) is 0 Å². The van der Waals surface area contributed by atoms with Gasteiger partial charge in [0.05, 0.1) is 13.7 Å². The molecule has 28 heavy (non-hydrogen) atoms. The average molecular weight is 509 g/mol. The number of hydrogen-bond donors (Lipinski definition) is 2. The van der Waals surface area contributed by atoms with Crippen molar-refractivity contribution in [1.82, 2.24) is 10.6 Å². The summed E-state index contributed by atoms with van der Waals surface area (Å²) in [4.78, 5) is 4.39. The van der Waals surface area contributed by atoms with E-state index in [-0.39, 0.29) is 54.4 Å². The first kappa shape index (κ1) is 23.9. The Hall–Kier alpha value is -2.17. The van der Waals surface area contributed by atoms with Gasteiger partial charge in [0.2, 0.25) is 0 Å². The molecule has 2 N–H and O–H groups in total. The lowest BCUT2D eigenvalue weighted by Gasteiger charge is -2.13. The maximum atomic E-state index is 13.7. The summed E-state index contributed by atoms with van der Waals surface area (Å²) in [5.74, 6) is 0.342. The minimum absolute atomic E-state index is 0. The first-order chi connectivity index (χ1) is 13.0. The number of alkyl halides is 2. The molecule has 154 valence electrons. The number of nitrogens with zero attached hydrogens (tertiary/aromatic N) is 1. The lowest BCUT2D eigenvalue weighted by Crippen LogP contribution is -2.37. The summed E-state index contributed by atoms with van der Waals surface area (Å²) in [6.07, 6.45) is 0. The van der Waals surface area contributed by atoms with E-state index < -0.39 is 6.61 Å². The Balaban J connectivity index is 0.00000392. The van der Waals surface area contributed by atoms with Gasteiger partial charge in [0.25, 0.3) is 0 Å². The quantitative estimate of drug-likeness (QED) is 0.317. The molecule has 0 saturated heterocycles. The number of hydrogen-bond acceptors (Lipinski definition) is 3. The fourth-order valence-electron chi connectivity index (χ4n) is 2.34. The number of ether oxygens (including phenoxy) is 2. The lowest BCUT2D eigenvalue weighted by molar-refractivity contribution is -0.0512. The normalized spacial score (nSPS) is 11.0. The molecule has 0 atom stereocenters. The van der Waals surface area contributed by atoms with Gasteiger partial charge in [0.1, 0.15) is 5.82 Å². The predicted molar refractivity (Wildman–Crippen MR) is 113 cm³/mol. The van der Waals surface area contributed by atoms with E-state index in [0.717, 1.165) is 0 Å². The van der Waals surface area contributed by atoms with Crippen molar-refractivity contribution in [2.75, 3.05) is 13.7 Å². The van der Waals surface area contributed by atoms with Gasteiger partial charge in [-0.2, -0.15) is 8.78 Å². The summed E-state index contributed by atoms with van der Waals surface area (Å²) in [6.45, 7) is 0.0579. The molecule has 2 aromatic rings. The molecule has 0 aliphatic carbocycles. The van der Waals surface area contributed by atoms with Crippen molar-refractivity contribution in [2.24, 2.45) is 4.99 Å². The van der Waals surface area contributed by atoms with Gasteiger partial charge in [-0.1, -0.05) is 24.3 Å². The van der Waals surface area contributed by atoms with Gasteiger partial charge >= 0.3 is 6.61 Å². The first-order valence-corrected chi connectivity index (χ1v) is 8.40. The van der Waals surface area contributed by atoms with Gasteiger partial charge in [-0.15, -0.1) is 24.0 Å². The standard InChI is InChI=1S/C19H22F3N3O2.HI/c1-3-23-19(25-12-14-6-4-5-7-15(14)20)24-11-13-8-9-16(26-2)17(10-13)27-18(21)22;/h4-10,18H,3,11-12H2,1-2H3,(H2,23,24,25);1H. The van der Waals surface area contributed by atoms with E-state index in [0.29, 0.717) is 23.6 Å². The highest BCUT2D eigenvalue weighted by atomic mass is 127. The maximum Gasteiger partial charge on any atom is 0.387 e. The number of benzene rings is 2. The number of aliphatic imine (C=N–C) groups is 1. The third kappa shape index (κ3) is 7.45. The fourth-order valence-corrected chi connectivity index (χ4v) is 2.34. The molecule has 0 spiro atoms. The Morgan fingerprint density at radius 2 is 1.86 bits per heavy atom. The van der Waals surface area contributed by atoms with Crippen molar-refractivity contribution >= 4 is 29.9 Å². The zero-order valence-corrected chi connectivity index (χ0v) is 17.9. The van der Waals surface area contributed by atoms with Crippen LogP contribution in [-0.4, -0.2) is 26.2 Å². The summed E-state index contributed by atoms with van der Waals surface area (Å²) < 4.78 is 48.2. The Labute approximate surface area is 179 Å². The van der Waals surface area contributed by atoms with Crippen molar-refractivity contribution in [3.8, 4) is 11.5 Å². The molecule has 9 heteroatoms. The molecular weight excluding hydrogens is 486 g/mol. The highest BCUT2D eigenvalue weighted by molar-refractivity contribution is 14.0. The third-order valence-electron chi connectivity index (χ3n) is 3.61. The number of methoxy groups -OCH3 is 1. The smallest absolute Gasteiger partial charge is 0.387 e. The van der Waals surface area contributed by atoms with Crippen LogP contribution in [0.1, 0.15) is 18.1 Å². The van der Waals surface area contributed by atoms with Crippen LogP contribution in [0.5, 0.6) is 11.5 Å². The molecule has 0 saturated carbocycles. The third-order valence-corrected chi connectivity index (χ3v) is 3.61. The SMILES string of the molecule is CCNC(=NCc1ccc(OC)c(OC(F)F)c1)NCc1ccccc1F.I. The molecule has 2 rings (SSSR count). The van der Waals surface area contributed by atoms with Crippen LogP contribution in [0, 0.1) is 5.82 Å². The van der Waals surface area contributed by atoms with Gasteiger partial charge in [0.15, 0.2) is 17.5 Å². The Bertz CT molecular complexity index is 776. The molecule has 0 radical (unpaired) electrons. The van der Waals surface area contributed by atoms with E-state index >= 15 is 0 Å². The van der Waals surface area contributed by atoms with Crippen molar-refractivity contribution in [2.45, 2.75) is 26.6 Å². The summed E-state index contributed by atoms with van der Waals surface area (Å²) >= 11 is 0. The Kier molecular flexibility index (Phi) is 10.5. The van der Waals surface area contributed by atoms with Gasteiger partial charge in [-0.25, -0.2) is 9.38 Å².